The monoisotopic (exact) mass is 318 g/mol. The summed E-state index contributed by atoms with van der Waals surface area (Å²) in [5.41, 5.74) is 0.554. The van der Waals surface area contributed by atoms with Crippen molar-refractivity contribution in [2.24, 2.45) is 7.05 Å². The van der Waals surface area contributed by atoms with Crippen LogP contribution in [0.2, 0.25) is 0 Å². The number of hydrogen-bond acceptors (Lipinski definition) is 4. The van der Waals surface area contributed by atoms with E-state index in [-0.39, 0.29) is 17.0 Å². The molecule has 1 heterocycles. The third kappa shape index (κ3) is 3.71. The lowest BCUT2D eigenvalue weighted by Gasteiger charge is -2.14. The van der Waals surface area contributed by atoms with Crippen LogP contribution < -0.4 is 15.5 Å². The van der Waals surface area contributed by atoms with Crippen molar-refractivity contribution in [3.05, 3.63) is 40.2 Å². The van der Waals surface area contributed by atoms with Gasteiger partial charge in [0.1, 0.15) is 11.3 Å². The van der Waals surface area contributed by atoms with E-state index in [0.29, 0.717) is 24.3 Å². The van der Waals surface area contributed by atoms with Crippen LogP contribution in [0, 0.1) is 0 Å². The first-order valence-electron chi connectivity index (χ1n) is 7.54. The first-order chi connectivity index (χ1) is 11.0. The van der Waals surface area contributed by atoms with Crippen LogP contribution in [0.1, 0.15) is 24.2 Å². The minimum atomic E-state index is -0.404. The van der Waals surface area contributed by atoms with Crippen molar-refractivity contribution in [3.63, 3.8) is 0 Å². The minimum absolute atomic E-state index is 0.108. The van der Waals surface area contributed by atoms with Crippen molar-refractivity contribution in [2.45, 2.75) is 19.9 Å². The highest BCUT2D eigenvalue weighted by Crippen LogP contribution is 2.18. The minimum Gasteiger partial charge on any atom is -0.494 e. The Bertz CT molecular complexity index is 767. The molecule has 0 aliphatic heterocycles. The van der Waals surface area contributed by atoms with Gasteiger partial charge in [0.25, 0.3) is 5.91 Å². The van der Waals surface area contributed by atoms with Crippen LogP contribution >= 0.6 is 0 Å². The van der Waals surface area contributed by atoms with Crippen molar-refractivity contribution < 1.29 is 14.3 Å². The van der Waals surface area contributed by atoms with Crippen molar-refractivity contribution >= 4 is 16.8 Å². The molecule has 124 valence electrons. The van der Waals surface area contributed by atoms with Gasteiger partial charge < -0.3 is 19.4 Å². The lowest BCUT2D eigenvalue weighted by atomic mass is 10.1. The zero-order chi connectivity index (χ0) is 17.0. The average Bonchev–Trinajstić information content (AvgIpc) is 2.51. The van der Waals surface area contributed by atoms with Crippen LogP contribution in [0.3, 0.4) is 0 Å². The molecule has 1 N–H and O–H groups in total. The fourth-order valence-electron chi connectivity index (χ4n) is 2.48. The van der Waals surface area contributed by atoms with Gasteiger partial charge in [0.05, 0.1) is 24.1 Å². The maximum absolute atomic E-state index is 12.7. The van der Waals surface area contributed by atoms with Crippen molar-refractivity contribution in [3.8, 4) is 5.75 Å². The zero-order valence-corrected chi connectivity index (χ0v) is 13.9. The fraction of sp³-hybridized carbons (Fsp3) is 0.412. The van der Waals surface area contributed by atoms with Gasteiger partial charge in [-0.05, 0) is 32.0 Å². The molecule has 0 saturated carbocycles. The lowest BCUT2D eigenvalue weighted by molar-refractivity contribution is 0.0904. The Morgan fingerprint density at radius 3 is 2.78 bits per heavy atom. The molecule has 0 spiro atoms. The normalized spacial score (nSPS) is 12.2. The van der Waals surface area contributed by atoms with Gasteiger partial charge in [0.2, 0.25) is 5.43 Å². The summed E-state index contributed by atoms with van der Waals surface area (Å²) in [6.45, 7) is 4.60. The summed E-state index contributed by atoms with van der Waals surface area (Å²) in [6.07, 6.45) is 1.56. The number of benzene rings is 1. The molecule has 1 amide bonds. The Morgan fingerprint density at radius 2 is 2.13 bits per heavy atom. The zero-order valence-electron chi connectivity index (χ0n) is 13.9. The van der Waals surface area contributed by atoms with Gasteiger partial charge >= 0.3 is 0 Å². The average molecular weight is 318 g/mol. The maximum atomic E-state index is 12.7. The molecule has 0 aliphatic carbocycles. The quantitative estimate of drug-likeness (QED) is 0.880. The molecule has 0 aliphatic rings. The number of ether oxygens (including phenoxy) is 2. The number of aromatic nitrogens is 1. The Balaban J connectivity index is 2.46. The number of nitrogens with one attached hydrogen (secondary N) is 1. The summed E-state index contributed by atoms with van der Waals surface area (Å²) in [4.78, 5) is 25.0. The van der Waals surface area contributed by atoms with Gasteiger partial charge in [-0.15, -0.1) is 0 Å². The van der Waals surface area contributed by atoms with Gasteiger partial charge in [-0.1, -0.05) is 0 Å². The van der Waals surface area contributed by atoms with Gasteiger partial charge in [0.15, 0.2) is 0 Å². The van der Waals surface area contributed by atoms with E-state index in [1.807, 2.05) is 26.0 Å². The van der Waals surface area contributed by atoms with Crippen LogP contribution in [-0.4, -0.2) is 36.8 Å². The molecule has 6 heteroatoms. The second-order valence-corrected chi connectivity index (χ2v) is 5.42. The number of amides is 1. The molecular weight excluding hydrogens is 296 g/mol. The van der Waals surface area contributed by atoms with E-state index >= 15 is 0 Å². The largest absolute Gasteiger partial charge is 0.494 e. The number of aryl methyl sites for hydroxylation is 1. The van der Waals surface area contributed by atoms with Crippen molar-refractivity contribution in [1.82, 2.24) is 9.88 Å². The first-order valence-corrected chi connectivity index (χ1v) is 7.54. The highest BCUT2D eigenvalue weighted by molar-refractivity contribution is 5.97. The Kier molecular flexibility index (Phi) is 5.39. The number of carbonyl (C=O) groups is 1. The third-order valence-electron chi connectivity index (χ3n) is 3.51. The van der Waals surface area contributed by atoms with Gasteiger partial charge in [-0.2, -0.15) is 0 Å². The number of pyridine rings is 1. The summed E-state index contributed by atoms with van der Waals surface area (Å²) in [7, 11) is 3.37. The molecule has 0 radical (unpaired) electrons. The Labute approximate surface area is 135 Å². The van der Waals surface area contributed by atoms with E-state index < -0.39 is 5.91 Å². The molecule has 1 aromatic heterocycles. The summed E-state index contributed by atoms with van der Waals surface area (Å²) in [5, 5.41) is 3.22. The molecular formula is C17H22N2O4. The molecule has 1 aromatic carbocycles. The predicted octanol–water partition coefficient (Wildman–Crippen LogP) is 1.70. The number of hydrogen-bond donors (Lipinski definition) is 1. The van der Waals surface area contributed by atoms with Gasteiger partial charge in [-0.3, -0.25) is 9.59 Å². The number of nitrogens with zero attached hydrogens (tertiary/aromatic N) is 1. The highest BCUT2D eigenvalue weighted by atomic mass is 16.5. The SMILES string of the molecule is CCOc1ccc2c(c1)c(=O)c(C(=O)N[C@@H](C)COC)cn2C. The summed E-state index contributed by atoms with van der Waals surface area (Å²) in [5.74, 6) is 0.210. The Morgan fingerprint density at radius 1 is 1.39 bits per heavy atom. The third-order valence-corrected chi connectivity index (χ3v) is 3.51. The molecule has 0 saturated heterocycles. The van der Waals surface area contributed by atoms with Crippen LogP contribution in [0.4, 0.5) is 0 Å². The predicted molar refractivity (Wildman–Crippen MR) is 89.2 cm³/mol. The molecule has 2 rings (SSSR count). The summed E-state index contributed by atoms with van der Waals surface area (Å²) in [6, 6.07) is 5.13. The van der Waals surface area contributed by atoms with E-state index in [4.69, 9.17) is 9.47 Å². The summed E-state index contributed by atoms with van der Waals surface area (Å²) < 4.78 is 12.2. The topological polar surface area (TPSA) is 69.6 Å². The Hall–Kier alpha value is -2.34. The van der Waals surface area contributed by atoms with E-state index in [9.17, 15) is 9.59 Å². The molecule has 0 unspecified atom stereocenters. The maximum Gasteiger partial charge on any atom is 0.257 e. The molecule has 1 atom stereocenters. The second-order valence-electron chi connectivity index (χ2n) is 5.42. The number of fused-ring (bicyclic) bond motifs is 1. The van der Waals surface area contributed by atoms with Gasteiger partial charge in [0, 0.05) is 26.4 Å². The molecule has 23 heavy (non-hydrogen) atoms. The highest BCUT2D eigenvalue weighted by Gasteiger charge is 2.16. The van der Waals surface area contributed by atoms with Crippen LogP contribution in [-0.2, 0) is 11.8 Å². The fourth-order valence-corrected chi connectivity index (χ4v) is 2.48. The van der Waals surface area contributed by atoms with Crippen LogP contribution in [0.5, 0.6) is 5.75 Å². The van der Waals surface area contributed by atoms with E-state index in [2.05, 4.69) is 5.32 Å². The first kappa shape index (κ1) is 17.0. The van der Waals surface area contributed by atoms with E-state index in [1.54, 1.807) is 31.0 Å². The van der Waals surface area contributed by atoms with Crippen LogP contribution in [0.15, 0.2) is 29.2 Å². The van der Waals surface area contributed by atoms with Gasteiger partial charge in [-0.25, -0.2) is 0 Å². The van der Waals surface area contributed by atoms with Crippen molar-refractivity contribution in [1.29, 1.82) is 0 Å². The number of carbonyl (C=O) groups excluding carboxylic acids is 1. The lowest BCUT2D eigenvalue weighted by Crippen LogP contribution is -2.38. The second kappa shape index (κ2) is 7.28. The van der Waals surface area contributed by atoms with E-state index in [1.165, 1.54) is 0 Å². The van der Waals surface area contributed by atoms with E-state index in [0.717, 1.165) is 5.52 Å². The van der Waals surface area contributed by atoms with Crippen molar-refractivity contribution in [2.75, 3.05) is 20.3 Å². The standard InChI is InChI=1S/C17H22N2O4/c1-5-23-12-6-7-15-13(8-12)16(20)14(9-19(15)3)17(21)18-11(2)10-22-4/h6-9,11H,5,10H2,1-4H3,(H,18,21)/t11-/m0/s1. The smallest absolute Gasteiger partial charge is 0.257 e. The molecule has 2 aromatic rings. The number of rotatable bonds is 6. The van der Waals surface area contributed by atoms with Crippen LogP contribution in [0.25, 0.3) is 10.9 Å². The molecule has 0 bridgehead atoms. The molecule has 6 nitrogen and oxygen atoms in total. The number of methoxy groups -OCH3 is 1. The molecule has 0 fully saturated rings. The summed E-state index contributed by atoms with van der Waals surface area (Å²) >= 11 is 0.